The van der Waals surface area contributed by atoms with Crippen molar-refractivity contribution >= 4 is 0 Å². The third kappa shape index (κ3) is 0.818. The van der Waals surface area contributed by atoms with Crippen LogP contribution < -0.4 is 0 Å². The molecule has 2 heterocycles. The lowest BCUT2D eigenvalue weighted by Gasteiger charge is -2.10. The zero-order valence-corrected chi connectivity index (χ0v) is 5.73. The molecule has 3 nitrogen and oxygen atoms in total. The van der Waals surface area contributed by atoms with Gasteiger partial charge in [-0.05, 0) is 24.0 Å². The molecule has 0 saturated heterocycles. The molecule has 54 valence electrons. The molecule has 0 aromatic rings. The summed E-state index contributed by atoms with van der Waals surface area (Å²) in [5.41, 5.74) is 0. The van der Waals surface area contributed by atoms with Gasteiger partial charge in [0.25, 0.3) is 0 Å². The summed E-state index contributed by atoms with van der Waals surface area (Å²) in [6.45, 7) is 0. The van der Waals surface area contributed by atoms with Crippen LogP contribution in [-0.2, 0) is 0 Å². The van der Waals surface area contributed by atoms with Crippen LogP contribution in [0.1, 0.15) is 19.3 Å². The number of hydrogen-bond acceptors (Lipinski definition) is 2. The Hall–Kier alpha value is -0.860. The average Bonchev–Trinajstić information content (AvgIpc) is 2.20. The van der Waals surface area contributed by atoms with Gasteiger partial charge >= 0.3 is 0 Å². The second-order valence-corrected chi connectivity index (χ2v) is 2.87. The Labute approximate surface area is 59.6 Å². The highest BCUT2D eigenvalue weighted by atomic mass is 16.5. The fourth-order valence-corrected chi connectivity index (χ4v) is 1.50. The van der Waals surface area contributed by atoms with Crippen LogP contribution in [0.4, 0.5) is 0 Å². The smallest absolute Gasteiger partial charge is 0.208 e. The summed E-state index contributed by atoms with van der Waals surface area (Å²) in [7, 11) is 0. The van der Waals surface area contributed by atoms with E-state index in [1.165, 1.54) is 0 Å². The van der Waals surface area contributed by atoms with Gasteiger partial charge in [0.15, 0.2) is 0 Å². The molecule has 0 aromatic carbocycles. The van der Waals surface area contributed by atoms with Crippen LogP contribution in [0.5, 0.6) is 0 Å². The Bertz CT molecular complexity index is 198. The molecule has 3 heteroatoms. The molecule has 0 N–H and O–H groups in total. The van der Waals surface area contributed by atoms with Gasteiger partial charge in [-0.1, -0.05) is 10.9 Å². The van der Waals surface area contributed by atoms with E-state index in [9.17, 15) is 5.21 Å². The maximum absolute atomic E-state index is 11.0. The third-order valence-electron chi connectivity index (χ3n) is 2.10. The summed E-state index contributed by atoms with van der Waals surface area (Å²) in [6, 6.07) is 0.218. The van der Waals surface area contributed by atoms with Gasteiger partial charge in [0.2, 0.25) is 6.04 Å². The number of rotatable bonds is 0. The summed E-state index contributed by atoms with van der Waals surface area (Å²) in [5.74, 6) is 0. The standard InChI is InChI=1S/C7H10N2O/c10-9-7-3-1-2-6(8-9)4-5-7/h4-7H,1-3H2. The third-order valence-corrected chi connectivity index (χ3v) is 2.10. The summed E-state index contributed by atoms with van der Waals surface area (Å²) in [5, 5.41) is 14.9. The molecule has 3 rings (SSSR count). The molecule has 0 amide bonds. The monoisotopic (exact) mass is 138 g/mol. The molecule has 0 saturated carbocycles. The van der Waals surface area contributed by atoms with E-state index in [2.05, 4.69) is 5.11 Å². The Balaban J connectivity index is 2.28. The van der Waals surface area contributed by atoms with Gasteiger partial charge in [0, 0.05) is 6.42 Å². The maximum Gasteiger partial charge on any atom is 0.208 e. The maximum atomic E-state index is 11.0. The van der Waals surface area contributed by atoms with E-state index in [1.807, 2.05) is 12.2 Å². The SMILES string of the molecule is [O-][N+]1=NC2C=CC1CCC2. The highest BCUT2D eigenvalue weighted by Crippen LogP contribution is 2.21. The highest BCUT2D eigenvalue weighted by molar-refractivity contribution is 5.01. The van der Waals surface area contributed by atoms with Crippen molar-refractivity contribution in [2.75, 3.05) is 0 Å². The minimum atomic E-state index is 0.0405. The van der Waals surface area contributed by atoms with Crippen molar-refractivity contribution in [2.45, 2.75) is 31.3 Å². The molecule has 2 bridgehead atoms. The Kier molecular flexibility index (Phi) is 1.22. The van der Waals surface area contributed by atoms with Gasteiger partial charge in [-0.3, -0.25) is 0 Å². The summed E-state index contributed by atoms with van der Waals surface area (Å²) in [4.78, 5) is 0.859. The zero-order chi connectivity index (χ0) is 6.97. The minimum absolute atomic E-state index is 0.0405. The van der Waals surface area contributed by atoms with Crippen molar-refractivity contribution in [3.05, 3.63) is 17.4 Å². The first kappa shape index (κ1) is 5.89. The molecule has 2 atom stereocenters. The van der Waals surface area contributed by atoms with Crippen LogP contribution in [0.25, 0.3) is 0 Å². The molecule has 2 unspecified atom stereocenters. The molecule has 0 fully saturated rings. The van der Waals surface area contributed by atoms with Crippen LogP contribution in [0.2, 0.25) is 0 Å². The first-order chi connectivity index (χ1) is 4.86. The molecule has 2 aliphatic heterocycles. The molecule has 10 heavy (non-hydrogen) atoms. The van der Waals surface area contributed by atoms with Crippen LogP contribution in [0, 0.1) is 5.21 Å². The fraction of sp³-hybridized carbons (Fsp3) is 0.714. The summed E-state index contributed by atoms with van der Waals surface area (Å²) >= 11 is 0. The van der Waals surface area contributed by atoms with Crippen molar-refractivity contribution < 1.29 is 4.86 Å². The lowest BCUT2D eigenvalue weighted by Crippen LogP contribution is -2.20. The Morgan fingerprint density at radius 2 is 2.30 bits per heavy atom. The lowest BCUT2D eigenvalue weighted by atomic mass is 10.1. The van der Waals surface area contributed by atoms with Crippen molar-refractivity contribution in [3.63, 3.8) is 0 Å². The van der Waals surface area contributed by atoms with Gasteiger partial charge < -0.3 is 5.21 Å². The zero-order valence-electron chi connectivity index (χ0n) is 5.73. The van der Waals surface area contributed by atoms with Gasteiger partial charge in [-0.15, -0.1) is 0 Å². The number of fused-ring (bicyclic) bond motifs is 2. The molecule has 0 spiro atoms. The minimum Gasteiger partial charge on any atom is -0.599 e. The van der Waals surface area contributed by atoms with E-state index >= 15 is 0 Å². The van der Waals surface area contributed by atoms with E-state index in [4.69, 9.17) is 0 Å². The van der Waals surface area contributed by atoms with Gasteiger partial charge in [0.1, 0.15) is 6.04 Å². The van der Waals surface area contributed by atoms with E-state index in [0.717, 1.165) is 24.1 Å². The van der Waals surface area contributed by atoms with E-state index in [0.29, 0.717) is 0 Å². The molecule has 3 aliphatic rings. The Morgan fingerprint density at radius 3 is 3.10 bits per heavy atom. The molecule has 0 radical (unpaired) electrons. The van der Waals surface area contributed by atoms with Crippen molar-refractivity contribution in [2.24, 2.45) is 5.11 Å². The van der Waals surface area contributed by atoms with E-state index in [-0.39, 0.29) is 12.1 Å². The van der Waals surface area contributed by atoms with Crippen LogP contribution in [0.15, 0.2) is 17.3 Å². The normalized spacial score (nSPS) is 37.4. The van der Waals surface area contributed by atoms with Crippen LogP contribution in [0.3, 0.4) is 0 Å². The molecular weight excluding hydrogens is 128 g/mol. The molecule has 0 aromatic heterocycles. The van der Waals surface area contributed by atoms with Crippen molar-refractivity contribution in [1.82, 2.24) is 0 Å². The van der Waals surface area contributed by atoms with Gasteiger partial charge in [-0.25, -0.2) is 0 Å². The topological polar surface area (TPSA) is 38.4 Å². The number of azo groups is 1. The molecule has 1 aliphatic carbocycles. The quantitative estimate of drug-likeness (QED) is 0.283. The summed E-state index contributed by atoms with van der Waals surface area (Å²) in [6.07, 6.45) is 7.18. The predicted octanol–water partition coefficient (Wildman–Crippen LogP) is 1.44. The van der Waals surface area contributed by atoms with E-state index < -0.39 is 0 Å². The first-order valence-corrected chi connectivity index (χ1v) is 3.72. The summed E-state index contributed by atoms with van der Waals surface area (Å²) < 4.78 is 0. The largest absolute Gasteiger partial charge is 0.599 e. The number of hydroxylamine groups is 1. The second kappa shape index (κ2) is 2.08. The Morgan fingerprint density at radius 1 is 1.40 bits per heavy atom. The highest BCUT2D eigenvalue weighted by Gasteiger charge is 2.25. The van der Waals surface area contributed by atoms with Crippen molar-refractivity contribution in [1.29, 1.82) is 0 Å². The number of hydrogen-bond donors (Lipinski definition) is 0. The predicted molar refractivity (Wildman–Crippen MR) is 36.6 cm³/mol. The second-order valence-electron chi connectivity index (χ2n) is 2.87. The fourth-order valence-electron chi connectivity index (χ4n) is 1.50. The van der Waals surface area contributed by atoms with Gasteiger partial charge in [0.05, 0.1) is 0 Å². The average molecular weight is 138 g/mol. The van der Waals surface area contributed by atoms with Crippen molar-refractivity contribution in [3.8, 4) is 0 Å². The van der Waals surface area contributed by atoms with Crippen LogP contribution >= 0.6 is 0 Å². The molecular formula is C7H10N2O. The first-order valence-electron chi connectivity index (χ1n) is 3.72. The van der Waals surface area contributed by atoms with E-state index in [1.54, 1.807) is 0 Å². The number of nitrogens with zero attached hydrogens (tertiary/aromatic N) is 2. The lowest BCUT2D eigenvalue weighted by molar-refractivity contribution is -0.560. The van der Waals surface area contributed by atoms with Crippen LogP contribution in [-0.4, -0.2) is 16.9 Å². The van der Waals surface area contributed by atoms with Gasteiger partial charge in [-0.2, -0.15) is 0 Å².